The van der Waals surface area contributed by atoms with E-state index in [1.165, 1.54) is 5.56 Å². The molecule has 1 aliphatic heterocycles. The maximum Gasteiger partial charge on any atom is 0.125 e. The average Bonchev–Trinajstić information content (AvgIpc) is 2.49. The molecule has 2 heteroatoms. The van der Waals surface area contributed by atoms with E-state index >= 15 is 0 Å². The van der Waals surface area contributed by atoms with Crippen molar-refractivity contribution in [2.45, 2.75) is 44.8 Å². The van der Waals surface area contributed by atoms with Gasteiger partial charge in [-0.15, -0.1) is 0 Å². The fourth-order valence-electron chi connectivity index (χ4n) is 3.18. The van der Waals surface area contributed by atoms with Gasteiger partial charge in [0, 0.05) is 18.4 Å². The Balaban J connectivity index is 1.92. The van der Waals surface area contributed by atoms with Crippen LogP contribution in [0, 0.1) is 6.92 Å². The van der Waals surface area contributed by atoms with Crippen LogP contribution < -0.4 is 4.74 Å². The smallest absolute Gasteiger partial charge is 0.125 e. The van der Waals surface area contributed by atoms with Crippen LogP contribution in [0.1, 0.15) is 42.6 Å². The van der Waals surface area contributed by atoms with Crippen molar-refractivity contribution in [3.8, 4) is 5.75 Å². The van der Waals surface area contributed by atoms with Crippen molar-refractivity contribution in [3.05, 3.63) is 65.2 Å². The monoisotopic (exact) mass is 282 g/mol. The van der Waals surface area contributed by atoms with Crippen LogP contribution in [0.5, 0.6) is 5.75 Å². The van der Waals surface area contributed by atoms with Crippen molar-refractivity contribution >= 4 is 0 Å². The first-order valence-electron chi connectivity index (χ1n) is 7.63. The molecule has 110 valence electrons. The van der Waals surface area contributed by atoms with Gasteiger partial charge in [0.1, 0.15) is 11.4 Å². The Morgan fingerprint density at radius 3 is 2.67 bits per heavy atom. The second-order valence-electron chi connectivity index (χ2n) is 6.06. The van der Waals surface area contributed by atoms with Crippen molar-refractivity contribution < 1.29 is 9.84 Å². The summed E-state index contributed by atoms with van der Waals surface area (Å²) < 4.78 is 6.34. The van der Waals surface area contributed by atoms with Crippen LogP contribution in [0.2, 0.25) is 0 Å². The number of aliphatic hydroxyl groups excluding tert-OH is 1. The third-order valence-electron chi connectivity index (χ3n) is 4.43. The Labute approximate surface area is 126 Å². The molecule has 3 rings (SSSR count). The third kappa shape index (κ3) is 2.81. The van der Waals surface area contributed by atoms with E-state index < -0.39 is 6.10 Å². The van der Waals surface area contributed by atoms with Gasteiger partial charge in [0.05, 0.1) is 6.10 Å². The van der Waals surface area contributed by atoms with Gasteiger partial charge in [0.15, 0.2) is 0 Å². The van der Waals surface area contributed by atoms with Crippen molar-refractivity contribution in [3.63, 3.8) is 0 Å². The van der Waals surface area contributed by atoms with E-state index in [0.29, 0.717) is 6.42 Å². The largest absolute Gasteiger partial charge is 0.486 e. The minimum absolute atomic E-state index is 0.316. The first-order valence-corrected chi connectivity index (χ1v) is 7.63. The Hall–Kier alpha value is -1.80. The second-order valence-corrected chi connectivity index (χ2v) is 6.06. The van der Waals surface area contributed by atoms with Crippen molar-refractivity contribution in [2.24, 2.45) is 0 Å². The molecule has 0 saturated carbocycles. The molecular formula is C19H22O2. The minimum atomic E-state index is -0.447. The number of aryl methyl sites for hydroxylation is 1. The summed E-state index contributed by atoms with van der Waals surface area (Å²) in [7, 11) is 0. The molecule has 0 spiro atoms. The number of benzene rings is 2. The molecule has 1 unspecified atom stereocenters. The lowest BCUT2D eigenvalue weighted by Gasteiger charge is -2.40. The van der Waals surface area contributed by atoms with Gasteiger partial charge in [-0.2, -0.15) is 0 Å². The fraction of sp³-hybridized carbons (Fsp3) is 0.368. The van der Waals surface area contributed by atoms with Gasteiger partial charge >= 0.3 is 0 Å². The normalized spacial score (nSPS) is 24.2. The summed E-state index contributed by atoms with van der Waals surface area (Å²) in [6.07, 6.45) is 1.91. The molecule has 0 aliphatic carbocycles. The second kappa shape index (κ2) is 5.53. The maximum atomic E-state index is 10.6. The van der Waals surface area contributed by atoms with E-state index in [4.69, 9.17) is 4.74 Å². The lowest BCUT2D eigenvalue weighted by Crippen LogP contribution is -2.42. The van der Waals surface area contributed by atoms with E-state index in [9.17, 15) is 5.11 Å². The third-order valence-corrected chi connectivity index (χ3v) is 4.43. The molecule has 1 aliphatic rings. The molecule has 2 nitrogen and oxygen atoms in total. The zero-order valence-electron chi connectivity index (χ0n) is 12.7. The summed E-state index contributed by atoms with van der Waals surface area (Å²) in [5.74, 6) is 0.831. The summed E-state index contributed by atoms with van der Waals surface area (Å²) in [5, 5.41) is 10.6. The molecule has 0 saturated heterocycles. The maximum absolute atomic E-state index is 10.6. The van der Waals surface area contributed by atoms with Crippen LogP contribution in [0.15, 0.2) is 48.5 Å². The van der Waals surface area contributed by atoms with Crippen LogP contribution in [-0.2, 0) is 6.42 Å². The molecule has 0 radical (unpaired) electrons. The van der Waals surface area contributed by atoms with Crippen LogP contribution in [0.3, 0.4) is 0 Å². The first kappa shape index (κ1) is 14.2. The van der Waals surface area contributed by atoms with Crippen molar-refractivity contribution in [1.29, 1.82) is 0 Å². The van der Waals surface area contributed by atoms with Gasteiger partial charge in [-0.1, -0.05) is 48.9 Å². The molecule has 1 N–H and O–H groups in total. The van der Waals surface area contributed by atoms with Gasteiger partial charge in [-0.25, -0.2) is 0 Å². The van der Waals surface area contributed by atoms with E-state index in [0.717, 1.165) is 29.7 Å². The van der Waals surface area contributed by atoms with Gasteiger partial charge in [-0.3, -0.25) is 0 Å². The number of hydrogen-bond donors (Lipinski definition) is 1. The summed E-state index contributed by atoms with van der Waals surface area (Å²) in [6, 6.07) is 16.4. The van der Waals surface area contributed by atoms with Gasteiger partial charge in [0.2, 0.25) is 0 Å². The van der Waals surface area contributed by atoms with E-state index in [2.05, 4.69) is 31.2 Å². The summed E-state index contributed by atoms with van der Waals surface area (Å²) >= 11 is 0. The zero-order valence-corrected chi connectivity index (χ0v) is 12.7. The quantitative estimate of drug-likeness (QED) is 0.914. The number of aliphatic hydroxyl groups is 1. The Morgan fingerprint density at radius 1 is 1.19 bits per heavy atom. The SMILES string of the molecule is CCC1(Cc2ccccc2)C[C@H](O)c2cc(C)ccc2O1. The molecule has 0 amide bonds. The first-order chi connectivity index (χ1) is 10.1. The summed E-state index contributed by atoms with van der Waals surface area (Å²) in [6.45, 7) is 4.17. The van der Waals surface area contributed by atoms with Gasteiger partial charge in [0.25, 0.3) is 0 Å². The highest BCUT2D eigenvalue weighted by atomic mass is 16.5. The Morgan fingerprint density at radius 2 is 1.95 bits per heavy atom. The number of rotatable bonds is 3. The highest BCUT2D eigenvalue weighted by Crippen LogP contribution is 2.42. The number of hydrogen-bond acceptors (Lipinski definition) is 2. The fourth-order valence-corrected chi connectivity index (χ4v) is 3.18. The summed E-state index contributed by atoms with van der Waals surface area (Å²) in [4.78, 5) is 0. The van der Waals surface area contributed by atoms with Crippen LogP contribution >= 0.6 is 0 Å². The van der Waals surface area contributed by atoms with Crippen LogP contribution in [-0.4, -0.2) is 10.7 Å². The Bertz CT molecular complexity index is 621. The standard InChI is InChI=1S/C19H22O2/c1-3-19(12-15-7-5-4-6-8-15)13-17(20)16-11-14(2)9-10-18(16)21-19/h4-11,17,20H,3,12-13H2,1-2H3/t17-,19?/m0/s1. The summed E-state index contributed by atoms with van der Waals surface area (Å²) in [5.41, 5.74) is 3.01. The average molecular weight is 282 g/mol. The Kier molecular flexibility index (Phi) is 3.73. The molecular weight excluding hydrogens is 260 g/mol. The van der Waals surface area contributed by atoms with Gasteiger partial charge < -0.3 is 9.84 Å². The van der Waals surface area contributed by atoms with Gasteiger partial charge in [-0.05, 0) is 31.0 Å². The highest BCUT2D eigenvalue weighted by Gasteiger charge is 2.39. The van der Waals surface area contributed by atoms with Crippen molar-refractivity contribution in [1.82, 2.24) is 0 Å². The van der Waals surface area contributed by atoms with Crippen LogP contribution in [0.4, 0.5) is 0 Å². The lowest BCUT2D eigenvalue weighted by molar-refractivity contribution is -0.0168. The van der Waals surface area contributed by atoms with Crippen molar-refractivity contribution in [2.75, 3.05) is 0 Å². The molecule has 1 heterocycles. The molecule has 0 bridgehead atoms. The molecule has 2 atom stereocenters. The lowest BCUT2D eigenvalue weighted by atomic mass is 9.82. The molecule has 21 heavy (non-hydrogen) atoms. The van der Waals surface area contributed by atoms with E-state index in [-0.39, 0.29) is 5.60 Å². The highest BCUT2D eigenvalue weighted by molar-refractivity contribution is 5.41. The molecule has 0 aromatic heterocycles. The van der Waals surface area contributed by atoms with E-state index in [1.54, 1.807) is 0 Å². The molecule has 0 fully saturated rings. The molecule has 2 aromatic rings. The molecule has 2 aromatic carbocycles. The number of ether oxygens (including phenoxy) is 1. The predicted molar refractivity (Wildman–Crippen MR) is 84.6 cm³/mol. The van der Waals surface area contributed by atoms with Crippen LogP contribution in [0.25, 0.3) is 0 Å². The topological polar surface area (TPSA) is 29.5 Å². The van der Waals surface area contributed by atoms with E-state index in [1.807, 2.05) is 31.2 Å². The minimum Gasteiger partial charge on any atom is -0.486 e. The zero-order chi connectivity index (χ0) is 14.9. The number of fused-ring (bicyclic) bond motifs is 1. The predicted octanol–water partition coefficient (Wildman–Crippen LogP) is 4.20.